The molecule has 1 heterocycles. The maximum atomic E-state index is 12.4. The minimum absolute atomic E-state index is 0.0932. The van der Waals surface area contributed by atoms with Crippen molar-refractivity contribution in [3.63, 3.8) is 0 Å². The van der Waals surface area contributed by atoms with Gasteiger partial charge in [-0.2, -0.15) is 0 Å². The molecule has 1 aliphatic heterocycles. The zero-order valence-electron chi connectivity index (χ0n) is 12.0. The summed E-state index contributed by atoms with van der Waals surface area (Å²) in [5.41, 5.74) is 0.0943. The van der Waals surface area contributed by atoms with Crippen LogP contribution in [-0.2, 0) is 14.6 Å². The molecule has 0 bridgehead atoms. The van der Waals surface area contributed by atoms with Gasteiger partial charge in [-0.05, 0) is 32.3 Å². The Hall–Kier alpha value is -0.710. The first kappa shape index (κ1) is 13.3. The van der Waals surface area contributed by atoms with Gasteiger partial charge in [0.25, 0.3) is 0 Å². The molecule has 1 N–H and O–H groups in total. The molecule has 0 aromatic carbocycles. The molecule has 0 aromatic heterocycles. The molecule has 106 valence electrons. The lowest BCUT2D eigenvalue weighted by atomic mass is 9.51. The van der Waals surface area contributed by atoms with E-state index in [2.05, 4.69) is 13.8 Å². The van der Waals surface area contributed by atoms with Gasteiger partial charge in [0.15, 0.2) is 5.78 Å². The second-order valence-corrected chi connectivity index (χ2v) is 6.99. The van der Waals surface area contributed by atoms with E-state index in [4.69, 9.17) is 9.78 Å². The van der Waals surface area contributed by atoms with E-state index in [1.54, 1.807) is 6.08 Å². The minimum atomic E-state index is -0.509. The number of carbonyl (C=O) groups excluding carboxylic acids is 1. The lowest BCUT2D eigenvalue weighted by molar-refractivity contribution is -0.318. The van der Waals surface area contributed by atoms with Crippen molar-refractivity contribution in [2.45, 2.75) is 58.3 Å². The predicted octanol–water partition coefficient (Wildman–Crippen LogP) is 2.02. The van der Waals surface area contributed by atoms with E-state index >= 15 is 0 Å². The summed E-state index contributed by atoms with van der Waals surface area (Å²) >= 11 is 0. The molecule has 4 heteroatoms. The fourth-order valence-corrected chi connectivity index (χ4v) is 4.47. The van der Waals surface area contributed by atoms with Crippen LogP contribution in [-0.4, -0.2) is 28.7 Å². The van der Waals surface area contributed by atoms with Gasteiger partial charge < -0.3 is 5.11 Å². The van der Waals surface area contributed by atoms with Gasteiger partial charge in [0.05, 0.1) is 6.10 Å². The number of fused-ring (bicyclic) bond motifs is 3. The Labute approximate surface area is 113 Å². The first-order chi connectivity index (χ1) is 8.76. The number of aliphatic hydroxyl groups excluding tert-OH is 1. The van der Waals surface area contributed by atoms with Crippen LogP contribution in [0.25, 0.3) is 0 Å². The average molecular weight is 266 g/mol. The summed E-state index contributed by atoms with van der Waals surface area (Å²) in [4.78, 5) is 23.3. The van der Waals surface area contributed by atoms with Gasteiger partial charge in [-0.3, -0.25) is 4.79 Å². The van der Waals surface area contributed by atoms with Crippen LogP contribution in [0.2, 0.25) is 0 Å². The van der Waals surface area contributed by atoms with E-state index in [1.165, 1.54) is 0 Å². The van der Waals surface area contributed by atoms with E-state index in [0.717, 1.165) is 5.57 Å². The fraction of sp³-hybridized carbons (Fsp3) is 0.800. The largest absolute Gasteiger partial charge is 0.389 e. The minimum Gasteiger partial charge on any atom is -0.389 e. The highest BCUT2D eigenvalue weighted by molar-refractivity contribution is 5.98. The second-order valence-electron chi connectivity index (χ2n) is 6.99. The summed E-state index contributed by atoms with van der Waals surface area (Å²) in [5.74, 6) is 0.464. The Morgan fingerprint density at radius 2 is 2.05 bits per heavy atom. The van der Waals surface area contributed by atoms with Crippen molar-refractivity contribution in [1.82, 2.24) is 0 Å². The van der Waals surface area contributed by atoms with Gasteiger partial charge in [-0.1, -0.05) is 13.8 Å². The van der Waals surface area contributed by atoms with Gasteiger partial charge in [-0.15, -0.1) is 0 Å². The monoisotopic (exact) mass is 266 g/mol. The van der Waals surface area contributed by atoms with E-state index in [-0.39, 0.29) is 29.1 Å². The highest BCUT2D eigenvalue weighted by Crippen LogP contribution is 2.59. The average Bonchev–Trinajstić information content (AvgIpc) is 2.59. The molecular weight excluding hydrogens is 244 g/mol. The third kappa shape index (κ3) is 1.66. The third-order valence-electron chi connectivity index (χ3n) is 5.40. The van der Waals surface area contributed by atoms with Gasteiger partial charge in [0, 0.05) is 23.3 Å². The first-order valence-electron chi connectivity index (χ1n) is 7.05. The summed E-state index contributed by atoms with van der Waals surface area (Å²) in [6.45, 7) is 8.28. The number of carbonyl (C=O) groups is 1. The predicted molar refractivity (Wildman–Crippen MR) is 69.1 cm³/mol. The molecule has 0 radical (unpaired) electrons. The summed E-state index contributed by atoms with van der Waals surface area (Å²) in [5, 5.41) is 9.93. The summed E-state index contributed by atoms with van der Waals surface area (Å²) in [6.07, 6.45) is 2.13. The van der Waals surface area contributed by atoms with Crippen molar-refractivity contribution < 1.29 is 19.7 Å². The molecule has 1 saturated heterocycles. The molecule has 1 saturated carbocycles. The quantitative estimate of drug-likeness (QED) is 0.681. The SMILES string of the molecule is C[C@@H]1C[C@@H](O)C=C2C(=O)C[C@H]3OOC(C)(C)[C@H]3[C@]21C. The Morgan fingerprint density at radius 1 is 1.37 bits per heavy atom. The Morgan fingerprint density at radius 3 is 2.74 bits per heavy atom. The second kappa shape index (κ2) is 3.90. The molecule has 0 unspecified atom stereocenters. The molecule has 2 fully saturated rings. The third-order valence-corrected chi connectivity index (χ3v) is 5.40. The molecule has 0 aromatic rings. The maximum Gasteiger partial charge on any atom is 0.161 e. The normalized spacial score (nSPS) is 48.5. The van der Waals surface area contributed by atoms with Crippen molar-refractivity contribution in [2.75, 3.05) is 0 Å². The van der Waals surface area contributed by atoms with Crippen LogP contribution in [0.4, 0.5) is 0 Å². The molecule has 2 aliphatic carbocycles. The maximum absolute atomic E-state index is 12.4. The van der Waals surface area contributed by atoms with Crippen molar-refractivity contribution >= 4 is 5.78 Å². The van der Waals surface area contributed by atoms with E-state index in [9.17, 15) is 9.90 Å². The van der Waals surface area contributed by atoms with Crippen LogP contribution in [0.1, 0.15) is 40.5 Å². The van der Waals surface area contributed by atoms with Crippen LogP contribution in [0, 0.1) is 17.3 Å². The molecule has 3 aliphatic rings. The molecule has 19 heavy (non-hydrogen) atoms. The van der Waals surface area contributed by atoms with Crippen molar-refractivity contribution in [3.05, 3.63) is 11.6 Å². The van der Waals surface area contributed by atoms with Crippen LogP contribution < -0.4 is 0 Å². The number of hydrogen-bond acceptors (Lipinski definition) is 4. The zero-order chi connectivity index (χ0) is 14.0. The van der Waals surface area contributed by atoms with Crippen molar-refractivity contribution in [1.29, 1.82) is 0 Å². The lowest BCUT2D eigenvalue weighted by Crippen LogP contribution is -2.55. The van der Waals surface area contributed by atoms with Crippen LogP contribution in [0.5, 0.6) is 0 Å². The first-order valence-corrected chi connectivity index (χ1v) is 7.05. The molecule has 0 spiro atoms. The van der Waals surface area contributed by atoms with E-state index in [0.29, 0.717) is 12.8 Å². The molecular formula is C15H22O4. The number of ketones is 1. The molecule has 4 nitrogen and oxygen atoms in total. The number of rotatable bonds is 0. The summed E-state index contributed by atoms with van der Waals surface area (Å²) in [7, 11) is 0. The number of Topliss-reactive ketones (excluding diaryl/α,β-unsaturated/α-hetero) is 1. The topological polar surface area (TPSA) is 55.8 Å². The lowest BCUT2D eigenvalue weighted by Gasteiger charge is -2.52. The van der Waals surface area contributed by atoms with Gasteiger partial charge in [-0.25, -0.2) is 9.78 Å². The number of allylic oxidation sites excluding steroid dienone is 1. The van der Waals surface area contributed by atoms with Gasteiger partial charge in [0.2, 0.25) is 0 Å². The van der Waals surface area contributed by atoms with Gasteiger partial charge >= 0.3 is 0 Å². The smallest absolute Gasteiger partial charge is 0.161 e. The van der Waals surface area contributed by atoms with Crippen LogP contribution in [0.3, 0.4) is 0 Å². The zero-order valence-corrected chi connectivity index (χ0v) is 12.0. The molecule has 0 amide bonds. The highest BCUT2D eigenvalue weighted by Gasteiger charge is 2.62. The van der Waals surface area contributed by atoms with E-state index in [1.807, 2.05) is 13.8 Å². The highest BCUT2D eigenvalue weighted by atomic mass is 17.2. The number of hydrogen-bond donors (Lipinski definition) is 1. The van der Waals surface area contributed by atoms with Crippen LogP contribution in [0.15, 0.2) is 11.6 Å². The van der Waals surface area contributed by atoms with Crippen LogP contribution >= 0.6 is 0 Å². The molecule has 3 rings (SSSR count). The Balaban J connectivity index is 2.14. The van der Waals surface area contributed by atoms with Crippen molar-refractivity contribution in [2.24, 2.45) is 17.3 Å². The van der Waals surface area contributed by atoms with E-state index < -0.39 is 11.7 Å². The molecule has 5 atom stereocenters. The Kier molecular flexibility index (Phi) is 2.73. The summed E-state index contributed by atoms with van der Waals surface area (Å²) in [6, 6.07) is 0. The fourth-order valence-electron chi connectivity index (χ4n) is 4.47. The Bertz CT molecular complexity index is 453. The van der Waals surface area contributed by atoms with Crippen molar-refractivity contribution in [3.8, 4) is 0 Å². The number of aliphatic hydroxyl groups is 1. The van der Waals surface area contributed by atoms with Gasteiger partial charge in [0.1, 0.15) is 11.7 Å². The summed E-state index contributed by atoms with van der Waals surface area (Å²) < 4.78 is 0. The standard InChI is InChI=1S/C15H22O4/c1-8-5-9(16)6-10-11(17)7-12-13(15(8,10)4)14(2,3)19-18-12/h6,8-9,12-13,16H,5,7H2,1-4H3/t8-,9-,12-,13+,15+/m1/s1.